The molecule has 9 heteroatoms. The molecule has 0 aliphatic carbocycles. The van der Waals surface area contributed by atoms with Crippen LogP contribution >= 0.6 is 0 Å². The molecule has 1 amide bonds. The number of benzene rings is 1. The quantitative estimate of drug-likeness (QED) is 0.544. The standard InChI is InChI=1S/C21H24N2O6S/c24-19(25)12-23-14-30(16-8-10-29-13-16)11-9-17(20(23)26)22-18(21(27)28)7-6-15-4-2-1-3-5-15/h1-5,8,10,13,17-18,22H,6-7,9,11-12,14H2,(H-,24,25,27,28). The van der Waals surface area contributed by atoms with E-state index in [0.717, 1.165) is 10.5 Å². The lowest BCUT2D eigenvalue weighted by Gasteiger charge is -2.27. The minimum atomic E-state index is -1.28. The van der Waals surface area contributed by atoms with Gasteiger partial charge in [-0.3, -0.25) is 19.8 Å². The van der Waals surface area contributed by atoms with Gasteiger partial charge in [0.1, 0.15) is 18.6 Å². The molecule has 30 heavy (non-hydrogen) atoms. The molecule has 2 N–H and O–H groups in total. The topological polar surface area (TPSA) is 123 Å². The number of hydrogen-bond acceptors (Lipinski definition) is 6. The largest absolute Gasteiger partial charge is 0.548 e. The zero-order chi connectivity index (χ0) is 21.5. The Bertz CT molecular complexity index is 858. The van der Waals surface area contributed by atoms with Crippen LogP contribution in [0.1, 0.15) is 18.4 Å². The van der Waals surface area contributed by atoms with E-state index in [1.54, 1.807) is 12.5 Å². The van der Waals surface area contributed by atoms with Crippen LogP contribution in [0.4, 0.5) is 0 Å². The summed E-state index contributed by atoms with van der Waals surface area (Å²) in [7, 11) is -0.396. The zero-order valence-electron chi connectivity index (χ0n) is 16.4. The molecule has 160 valence electrons. The maximum absolute atomic E-state index is 13.0. The Morgan fingerprint density at radius 1 is 1.30 bits per heavy atom. The molecule has 0 spiro atoms. The molecule has 1 saturated heterocycles. The van der Waals surface area contributed by atoms with Crippen molar-refractivity contribution in [3.05, 3.63) is 54.5 Å². The van der Waals surface area contributed by atoms with Gasteiger partial charge in [-0.25, -0.2) is 0 Å². The summed E-state index contributed by atoms with van der Waals surface area (Å²) in [5.41, 5.74) is 0.992. The van der Waals surface area contributed by atoms with Crippen molar-refractivity contribution < 1.29 is 29.0 Å². The smallest absolute Gasteiger partial charge is 0.323 e. The average molecular weight is 432 g/mol. The van der Waals surface area contributed by atoms with E-state index in [1.807, 2.05) is 36.4 Å². The maximum atomic E-state index is 13.0. The fourth-order valence-corrected chi connectivity index (χ4v) is 5.51. The van der Waals surface area contributed by atoms with E-state index in [0.29, 0.717) is 18.6 Å². The van der Waals surface area contributed by atoms with Gasteiger partial charge in [-0.1, -0.05) is 30.3 Å². The van der Waals surface area contributed by atoms with Crippen LogP contribution in [0.15, 0.2) is 58.2 Å². The van der Waals surface area contributed by atoms with Crippen LogP contribution in [0.5, 0.6) is 0 Å². The third kappa shape index (κ3) is 5.87. The fourth-order valence-electron chi connectivity index (χ4n) is 3.44. The van der Waals surface area contributed by atoms with Crippen LogP contribution in [0.2, 0.25) is 0 Å². The molecule has 0 saturated carbocycles. The Hall–Kier alpha value is -2.78. The lowest BCUT2D eigenvalue weighted by atomic mass is 10.0. The average Bonchev–Trinajstić information content (AvgIpc) is 3.21. The van der Waals surface area contributed by atoms with Crippen molar-refractivity contribution in [1.82, 2.24) is 10.2 Å². The van der Waals surface area contributed by atoms with Crippen LogP contribution in [-0.4, -0.2) is 58.1 Å². The van der Waals surface area contributed by atoms with Crippen molar-refractivity contribution >= 4 is 28.7 Å². The van der Waals surface area contributed by atoms with Gasteiger partial charge < -0.3 is 19.4 Å². The molecule has 3 rings (SSSR count). The molecule has 3 unspecified atom stereocenters. The Labute approximate surface area is 177 Å². The summed E-state index contributed by atoms with van der Waals surface area (Å²) >= 11 is 0. The number of carbonyl (C=O) groups excluding carboxylic acids is 2. The summed E-state index contributed by atoms with van der Waals surface area (Å²) in [6.07, 6.45) is 4.33. The summed E-state index contributed by atoms with van der Waals surface area (Å²) in [6, 6.07) is 9.48. The second-order valence-corrected chi connectivity index (χ2v) is 9.24. The number of aliphatic carboxylic acids is 2. The van der Waals surface area contributed by atoms with Gasteiger partial charge in [0, 0.05) is 29.4 Å². The summed E-state index contributed by atoms with van der Waals surface area (Å²) in [5.74, 6) is -1.90. The highest BCUT2D eigenvalue weighted by atomic mass is 32.2. The number of aryl methyl sites for hydroxylation is 1. The Balaban J connectivity index is 1.72. The van der Waals surface area contributed by atoms with E-state index in [1.165, 1.54) is 4.90 Å². The summed E-state index contributed by atoms with van der Waals surface area (Å²) in [6.45, 7) is -0.432. The second kappa shape index (κ2) is 10.3. The van der Waals surface area contributed by atoms with Gasteiger partial charge in [0.15, 0.2) is 10.8 Å². The Kier molecular flexibility index (Phi) is 7.53. The van der Waals surface area contributed by atoms with Gasteiger partial charge in [-0.2, -0.15) is 0 Å². The minimum absolute atomic E-state index is 0.266. The minimum Gasteiger partial charge on any atom is -0.548 e. The number of nitrogens with one attached hydrogen (secondary N) is 1. The van der Waals surface area contributed by atoms with Crippen molar-refractivity contribution in [3.63, 3.8) is 0 Å². The highest BCUT2D eigenvalue weighted by Gasteiger charge is 2.39. The van der Waals surface area contributed by atoms with Crippen LogP contribution in [0.3, 0.4) is 0 Å². The summed E-state index contributed by atoms with van der Waals surface area (Å²) < 4.78 is 5.13. The van der Waals surface area contributed by atoms with Crippen molar-refractivity contribution in [2.45, 2.75) is 36.2 Å². The van der Waals surface area contributed by atoms with E-state index < -0.39 is 47.4 Å². The fraction of sp³-hybridized carbons (Fsp3) is 0.381. The van der Waals surface area contributed by atoms with E-state index in [2.05, 4.69) is 5.32 Å². The molecule has 3 atom stereocenters. The SMILES string of the molecule is O=C(O)CN1C[S+](c2ccoc2)CCC(NC(CCc2ccccc2)C(=O)[O-])C1=O. The first-order valence-corrected chi connectivity index (χ1v) is 11.2. The number of rotatable bonds is 9. The van der Waals surface area contributed by atoms with Crippen molar-refractivity contribution in [2.24, 2.45) is 0 Å². The predicted octanol–water partition coefficient (Wildman–Crippen LogP) is 0.241. The van der Waals surface area contributed by atoms with Gasteiger partial charge >= 0.3 is 5.97 Å². The first-order chi connectivity index (χ1) is 14.4. The molecular weight excluding hydrogens is 408 g/mol. The number of hydrogen-bond donors (Lipinski definition) is 2. The number of amides is 1. The predicted molar refractivity (Wildman–Crippen MR) is 109 cm³/mol. The van der Waals surface area contributed by atoms with E-state index in [4.69, 9.17) is 4.42 Å². The van der Waals surface area contributed by atoms with Crippen LogP contribution in [-0.2, 0) is 31.7 Å². The molecule has 1 fully saturated rings. The first kappa shape index (κ1) is 21.9. The zero-order valence-corrected chi connectivity index (χ0v) is 17.2. The molecule has 2 aromatic rings. The summed E-state index contributed by atoms with van der Waals surface area (Å²) in [4.78, 5) is 38.2. The third-order valence-corrected chi connectivity index (χ3v) is 7.23. The summed E-state index contributed by atoms with van der Waals surface area (Å²) in [5, 5.41) is 23.8. The lowest BCUT2D eigenvalue weighted by Crippen LogP contribution is -2.55. The van der Waals surface area contributed by atoms with E-state index >= 15 is 0 Å². The number of carboxylic acids is 2. The lowest BCUT2D eigenvalue weighted by molar-refractivity contribution is -0.308. The van der Waals surface area contributed by atoms with Crippen LogP contribution in [0, 0.1) is 0 Å². The first-order valence-electron chi connectivity index (χ1n) is 9.65. The Morgan fingerprint density at radius 3 is 2.70 bits per heavy atom. The Morgan fingerprint density at radius 2 is 2.07 bits per heavy atom. The molecular formula is C21H24N2O6S. The number of carboxylic acid groups (broad SMARTS) is 2. The molecule has 1 aliphatic heterocycles. The molecule has 1 aromatic carbocycles. The van der Waals surface area contributed by atoms with Crippen molar-refractivity contribution in [2.75, 3.05) is 18.2 Å². The third-order valence-electron chi connectivity index (χ3n) is 4.98. The van der Waals surface area contributed by atoms with Crippen molar-refractivity contribution in [1.29, 1.82) is 0 Å². The molecule has 8 nitrogen and oxygen atoms in total. The van der Waals surface area contributed by atoms with Crippen LogP contribution in [0.25, 0.3) is 0 Å². The number of carbonyl (C=O) groups is 3. The second-order valence-electron chi connectivity index (χ2n) is 7.12. The van der Waals surface area contributed by atoms with Gasteiger partial charge in [0.05, 0.1) is 18.3 Å². The normalized spacial score (nSPS) is 20.5. The molecule has 0 bridgehead atoms. The molecule has 1 aromatic heterocycles. The highest BCUT2D eigenvalue weighted by molar-refractivity contribution is 7.96. The van der Waals surface area contributed by atoms with E-state index in [-0.39, 0.29) is 12.3 Å². The van der Waals surface area contributed by atoms with Gasteiger partial charge in [-0.05, 0) is 18.4 Å². The molecule has 1 aliphatic rings. The monoisotopic (exact) mass is 432 g/mol. The number of furan rings is 1. The van der Waals surface area contributed by atoms with E-state index in [9.17, 15) is 24.6 Å². The van der Waals surface area contributed by atoms with Gasteiger partial charge in [0.2, 0.25) is 5.91 Å². The van der Waals surface area contributed by atoms with Crippen LogP contribution < -0.4 is 10.4 Å². The maximum Gasteiger partial charge on any atom is 0.323 e. The highest BCUT2D eigenvalue weighted by Crippen LogP contribution is 2.22. The van der Waals surface area contributed by atoms with Gasteiger partial charge in [0.25, 0.3) is 0 Å². The van der Waals surface area contributed by atoms with Crippen molar-refractivity contribution in [3.8, 4) is 0 Å². The van der Waals surface area contributed by atoms with Gasteiger partial charge in [-0.15, -0.1) is 0 Å². The molecule has 0 radical (unpaired) electrons. The number of nitrogens with zero attached hydrogens (tertiary/aromatic N) is 1. The molecule has 2 heterocycles.